The maximum absolute atomic E-state index is 12.3. The smallest absolute Gasteiger partial charge is 0.240 e. The van der Waals surface area contributed by atoms with Crippen molar-refractivity contribution in [2.24, 2.45) is 0 Å². The molecule has 0 saturated carbocycles. The molecule has 1 aliphatic rings. The number of fused-ring (bicyclic) bond motifs is 1. The number of alkyl halides is 1. The summed E-state index contributed by atoms with van der Waals surface area (Å²) in [6.07, 6.45) is 1.47. The average molecular weight is 320 g/mol. The second kappa shape index (κ2) is 6.65. The van der Waals surface area contributed by atoms with Crippen molar-refractivity contribution < 1.29 is 17.9 Å². The van der Waals surface area contributed by atoms with Crippen molar-refractivity contribution in [3.63, 3.8) is 0 Å². The van der Waals surface area contributed by atoms with E-state index in [0.717, 1.165) is 6.42 Å². The first-order valence-corrected chi connectivity index (χ1v) is 8.52. The van der Waals surface area contributed by atoms with Crippen LogP contribution < -0.4 is 14.2 Å². The van der Waals surface area contributed by atoms with Gasteiger partial charge in [0, 0.05) is 18.0 Å². The van der Waals surface area contributed by atoms with Crippen LogP contribution >= 0.6 is 11.6 Å². The molecule has 0 amide bonds. The number of hydrogen-bond acceptors (Lipinski definition) is 4. The molecule has 5 nitrogen and oxygen atoms in total. The van der Waals surface area contributed by atoms with Crippen LogP contribution in [0.5, 0.6) is 11.5 Å². The van der Waals surface area contributed by atoms with Gasteiger partial charge in [-0.25, -0.2) is 13.1 Å². The third kappa shape index (κ3) is 3.77. The molecule has 1 aromatic carbocycles. The Morgan fingerprint density at radius 1 is 1.30 bits per heavy atom. The van der Waals surface area contributed by atoms with Crippen molar-refractivity contribution in [3.8, 4) is 11.5 Å². The number of nitrogens with one attached hydrogen (secondary N) is 1. The average Bonchev–Trinajstić information content (AvgIpc) is 2.44. The van der Waals surface area contributed by atoms with Crippen LogP contribution in [0.15, 0.2) is 23.1 Å². The topological polar surface area (TPSA) is 64.6 Å². The van der Waals surface area contributed by atoms with Gasteiger partial charge in [0.2, 0.25) is 10.0 Å². The van der Waals surface area contributed by atoms with E-state index in [1.165, 1.54) is 12.1 Å². The minimum Gasteiger partial charge on any atom is -0.486 e. The van der Waals surface area contributed by atoms with Crippen LogP contribution in [0.3, 0.4) is 0 Å². The van der Waals surface area contributed by atoms with Crippen LogP contribution in [0.2, 0.25) is 0 Å². The fourth-order valence-corrected chi connectivity index (χ4v) is 3.41. The largest absolute Gasteiger partial charge is 0.486 e. The Bertz CT molecular complexity index is 561. The Kier molecular flexibility index (Phi) is 5.12. The van der Waals surface area contributed by atoms with Crippen LogP contribution in [0.1, 0.15) is 19.8 Å². The van der Waals surface area contributed by atoms with Crippen molar-refractivity contribution >= 4 is 21.6 Å². The molecule has 0 aromatic heterocycles. The summed E-state index contributed by atoms with van der Waals surface area (Å²) in [5.41, 5.74) is 0. The lowest BCUT2D eigenvalue weighted by atomic mass is 10.2. The van der Waals surface area contributed by atoms with Gasteiger partial charge in [-0.05, 0) is 31.9 Å². The highest BCUT2D eigenvalue weighted by atomic mass is 35.5. The predicted octanol–water partition coefficient (Wildman–Crippen LogP) is 2.14. The van der Waals surface area contributed by atoms with Gasteiger partial charge in [0.25, 0.3) is 0 Å². The highest BCUT2D eigenvalue weighted by molar-refractivity contribution is 7.89. The van der Waals surface area contributed by atoms with Crippen molar-refractivity contribution in [3.05, 3.63) is 18.2 Å². The highest BCUT2D eigenvalue weighted by Crippen LogP contribution is 2.32. The second-order valence-electron chi connectivity index (χ2n) is 4.66. The summed E-state index contributed by atoms with van der Waals surface area (Å²) in [6, 6.07) is 4.47. The van der Waals surface area contributed by atoms with E-state index in [9.17, 15) is 8.42 Å². The minimum atomic E-state index is -3.55. The van der Waals surface area contributed by atoms with Crippen LogP contribution in [-0.2, 0) is 10.0 Å². The van der Waals surface area contributed by atoms with Gasteiger partial charge in [-0.15, -0.1) is 11.6 Å². The van der Waals surface area contributed by atoms with Crippen molar-refractivity contribution in [2.75, 3.05) is 19.1 Å². The zero-order chi connectivity index (χ0) is 14.6. The number of halogens is 1. The van der Waals surface area contributed by atoms with Crippen LogP contribution in [0.4, 0.5) is 0 Å². The standard InChI is InChI=1S/C13H18ClNO4S/c1-10(3-2-6-14)15-20(16,17)11-4-5-12-13(9-11)19-8-7-18-12/h4-5,9-10,15H,2-3,6-8H2,1H3. The van der Waals surface area contributed by atoms with Gasteiger partial charge in [-0.1, -0.05) is 0 Å². The molecule has 1 aromatic rings. The van der Waals surface area contributed by atoms with Crippen LogP contribution in [-0.4, -0.2) is 33.6 Å². The van der Waals surface area contributed by atoms with Crippen molar-refractivity contribution in [1.29, 1.82) is 0 Å². The molecule has 0 fully saturated rings. The molecule has 7 heteroatoms. The molecule has 1 N–H and O–H groups in total. The van der Waals surface area contributed by atoms with Gasteiger partial charge in [0.1, 0.15) is 13.2 Å². The summed E-state index contributed by atoms with van der Waals surface area (Å²) in [6.45, 7) is 2.73. The molecule has 0 radical (unpaired) electrons. The molecule has 1 heterocycles. The Balaban J connectivity index is 2.13. The molecular formula is C13H18ClNO4S. The van der Waals surface area contributed by atoms with E-state index in [-0.39, 0.29) is 10.9 Å². The lowest BCUT2D eigenvalue weighted by Crippen LogP contribution is -2.32. The molecule has 1 atom stereocenters. The minimum absolute atomic E-state index is 0.160. The van der Waals surface area contributed by atoms with Crippen LogP contribution in [0.25, 0.3) is 0 Å². The van der Waals surface area contributed by atoms with Gasteiger partial charge < -0.3 is 9.47 Å². The highest BCUT2D eigenvalue weighted by Gasteiger charge is 2.20. The van der Waals surface area contributed by atoms with Crippen molar-refractivity contribution in [2.45, 2.75) is 30.7 Å². The number of rotatable bonds is 6. The molecule has 0 bridgehead atoms. The van der Waals surface area contributed by atoms with E-state index < -0.39 is 10.0 Å². The summed E-state index contributed by atoms with van der Waals surface area (Å²) >= 11 is 5.61. The summed E-state index contributed by atoms with van der Waals surface area (Å²) in [7, 11) is -3.55. The van der Waals surface area contributed by atoms with Gasteiger partial charge in [0.05, 0.1) is 4.90 Å². The van der Waals surface area contributed by atoms with Gasteiger partial charge in [-0.3, -0.25) is 0 Å². The summed E-state index contributed by atoms with van der Waals surface area (Å²) in [5.74, 6) is 1.56. The summed E-state index contributed by atoms with van der Waals surface area (Å²) < 4.78 is 37.9. The molecule has 1 unspecified atom stereocenters. The molecule has 0 spiro atoms. The van der Waals surface area contributed by atoms with Crippen LogP contribution in [0, 0.1) is 0 Å². The molecule has 0 aliphatic carbocycles. The van der Waals surface area contributed by atoms with Crippen molar-refractivity contribution in [1.82, 2.24) is 4.72 Å². The number of ether oxygens (including phenoxy) is 2. The Hall–Kier alpha value is -0.980. The van der Waals surface area contributed by atoms with Gasteiger partial charge in [0.15, 0.2) is 11.5 Å². The van der Waals surface area contributed by atoms with E-state index in [1.54, 1.807) is 6.07 Å². The molecule has 20 heavy (non-hydrogen) atoms. The lowest BCUT2D eigenvalue weighted by Gasteiger charge is -2.19. The Labute approximate surface area is 124 Å². The van der Waals surface area contributed by atoms with Gasteiger partial charge in [-0.2, -0.15) is 0 Å². The fourth-order valence-electron chi connectivity index (χ4n) is 1.97. The normalized spacial score (nSPS) is 15.9. The zero-order valence-corrected chi connectivity index (χ0v) is 12.8. The first kappa shape index (κ1) is 15.4. The maximum atomic E-state index is 12.3. The van der Waals surface area contributed by atoms with E-state index in [1.807, 2.05) is 6.92 Å². The Morgan fingerprint density at radius 3 is 2.70 bits per heavy atom. The van der Waals surface area contributed by atoms with E-state index >= 15 is 0 Å². The third-order valence-electron chi connectivity index (χ3n) is 2.95. The SMILES string of the molecule is CC(CCCCl)NS(=O)(=O)c1ccc2c(c1)OCCO2. The maximum Gasteiger partial charge on any atom is 0.240 e. The molecule has 2 rings (SSSR count). The lowest BCUT2D eigenvalue weighted by molar-refractivity contribution is 0.171. The number of sulfonamides is 1. The first-order chi connectivity index (χ1) is 9.53. The second-order valence-corrected chi connectivity index (χ2v) is 6.75. The quantitative estimate of drug-likeness (QED) is 0.816. The number of hydrogen-bond donors (Lipinski definition) is 1. The first-order valence-electron chi connectivity index (χ1n) is 6.51. The van der Waals surface area contributed by atoms with E-state index in [2.05, 4.69) is 4.72 Å². The molecule has 1 aliphatic heterocycles. The monoisotopic (exact) mass is 319 g/mol. The zero-order valence-electron chi connectivity index (χ0n) is 11.3. The van der Waals surface area contributed by atoms with E-state index in [0.29, 0.717) is 37.0 Å². The van der Waals surface area contributed by atoms with E-state index in [4.69, 9.17) is 21.1 Å². The summed E-state index contributed by atoms with van der Waals surface area (Å²) in [5, 5.41) is 0. The number of benzene rings is 1. The molecule has 112 valence electrons. The third-order valence-corrected chi connectivity index (χ3v) is 4.81. The molecular weight excluding hydrogens is 302 g/mol. The fraction of sp³-hybridized carbons (Fsp3) is 0.538. The predicted molar refractivity (Wildman–Crippen MR) is 77.2 cm³/mol. The molecule has 0 saturated heterocycles. The Morgan fingerprint density at radius 2 is 2.00 bits per heavy atom. The van der Waals surface area contributed by atoms with Gasteiger partial charge >= 0.3 is 0 Å². The summed E-state index contributed by atoms with van der Waals surface area (Å²) in [4.78, 5) is 0.180.